The molecule has 0 saturated carbocycles. The van der Waals surface area contributed by atoms with Crippen LogP contribution >= 0.6 is 0 Å². The average Bonchev–Trinajstić information content (AvgIpc) is 3.40. The molecule has 0 saturated heterocycles. The van der Waals surface area contributed by atoms with Crippen molar-refractivity contribution < 1.29 is 27.1 Å². The predicted molar refractivity (Wildman–Crippen MR) is 101 cm³/mol. The first kappa shape index (κ1) is 19.9. The number of alkyl halides is 3. The Bertz CT molecular complexity index is 1030. The average molecular weight is 420 g/mol. The molecule has 1 aromatic carbocycles. The second kappa shape index (κ2) is 7.77. The molecule has 0 unspecified atom stereocenters. The van der Waals surface area contributed by atoms with Crippen molar-refractivity contribution in [1.29, 1.82) is 0 Å². The van der Waals surface area contributed by atoms with Crippen molar-refractivity contribution in [3.8, 4) is 5.75 Å². The molecule has 2 atom stereocenters. The number of amides is 1. The number of carbonyl (C=O) groups is 1. The third-order valence-electron chi connectivity index (χ3n) is 4.92. The molecule has 1 aliphatic heterocycles. The molecule has 2 N–H and O–H groups in total. The number of methoxy groups -OCH3 is 1. The van der Waals surface area contributed by atoms with E-state index in [2.05, 4.69) is 15.7 Å². The first-order chi connectivity index (χ1) is 14.3. The van der Waals surface area contributed by atoms with Crippen LogP contribution in [0.15, 0.2) is 53.1 Å². The zero-order valence-corrected chi connectivity index (χ0v) is 15.9. The summed E-state index contributed by atoms with van der Waals surface area (Å²) in [7, 11) is 1.49. The summed E-state index contributed by atoms with van der Waals surface area (Å²) in [6, 6.07) is 9.06. The van der Waals surface area contributed by atoms with Gasteiger partial charge in [-0.1, -0.05) is 12.1 Å². The van der Waals surface area contributed by atoms with Crippen molar-refractivity contribution in [2.45, 2.75) is 31.2 Å². The van der Waals surface area contributed by atoms with Crippen LogP contribution in [0, 0.1) is 0 Å². The number of furan rings is 1. The zero-order chi connectivity index (χ0) is 21.3. The van der Waals surface area contributed by atoms with Crippen LogP contribution in [0.1, 0.15) is 40.3 Å². The Labute approximate surface area is 169 Å². The van der Waals surface area contributed by atoms with Crippen LogP contribution in [0.25, 0.3) is 0 Å². The third-order valence-corrected chi connectivity index (χ3v) is 4.92. The summed E-state index contributed by atoms with van der Waals surface area (Å²) in [4.78, 5) is 12.4. The normalized spacial score (nSPS) is 18.4. The van der Waals surface area contributed by atoms with Gasteiger partial charge in [0.1, 0.15) is 17.3 Å². The first-order valence-electron chi connectivity index (χ1n) is 9.22. The maximum atomic E-state index is 13.8. The quantitative estimate of drug-likeness (QED) is 0.650. The number of fused-ring (bicyclic) bond motifs is 1. The second-order valence-electron chi connectivity index (χ2n) is 6.89. The van der Waals surface area contributed by atoms with Gasteiger partial charge in [-0.3, -0.25) is 4.79 Å². The minimum absolute atomic E-state index is 0.107. The molecule has 10 heteroatoms. The second-order valence-corrected chi connectivity index (χ2v) is 6.89. The van der Waals surface area contributed by atoms with Crippen molar-refractivity contribution in [3.05, 3.63) is 65.7 Å². The van der Waals surface area contributed by atoms with Crippen LogP contribution in [0.3, 0.4) is 0 Å². The van der Waals surface area contributed by atoms with Gasteiger partial charge in [-0.05, 0) is 29.8 Å². The Morgan fingerprint density at radius 1 is 1.33 bits per heavy atom. The van der Waals surface area contributed by atoms with E-state index in [0.717, 1.165) is 4.68 Å². The number of nitrogens with zero attached hydrogens (tertiary/aromatic N) is 2. The molecule has 7 nitrogen and oxygen atoms in total. The number of benzene rings is 1. The summed E-state index contributed by atoms with van der Waals surface area (Å²) in [5, 5.41) is 9.57. The van der Waals surface area contributed by atoms with Gasteiger partial charge in [-0.25, -0.2) is 4.68 Å². The topological polar surface area (TPSA) is 81.3 Å². The lowest BCUT2D eigenvalue weighted by atomic mass is 9.97. The fraction of sp³-hybridized carbons (Fsp3) is 0.300. The van der Waals surface area contributed by atoms with Crippen LogP contribution in [0.5, 0.6) is 5.75 Å². The Morgan fingerprint density at radius 2 is 2.17 bits per heavy atom. The van der Waals surface area contributed by atoms with Crippen LogP contribution in [0.4, 0.5) is 19.0 Å². The molecule has 0 radical (unpaired) electrons. The van der Waals surface area contributed by atoms with E-state index in [9.17, 15) is 18.0 Å². The molecule has 30 heavy (non-hydrogen) atoms. The molecule has 0 spiro atoms. The van der Waals surface area contributed by atoms with E-state index < -0.39 is 24.2 Å². The van der Waals surface area contributed by atoms with Crippen molar-refractivity contribution in [3.63, 3.8) is 0 Å². The number of rotatable bonds is 5. The molecule has 4 rings (SSSR count). The number of hydrogen-bond acceptors (Lipinski definition) is 5. The summed E-state index contributed by atoms with van der Waals surface area (Å²) in [6.45, 7) is 0.108. The highest BCUT2D eigenvalue weighted by atomic mass is 19.4. The fourth-order valence-corrected chi connectivity index (χ4v) is 3.43. The number of anilines is 1. The molecule has 2 aromatic heterocycles. The summed E-state index contributed by atoms with van der Waals surface area (Å²) in [5.41, 5.74) is 0.546. The Balaban J connectivity index is 1.60. The van der Waals surface area contributed by atoms with Crippen molar-refractivity contribution >= 4 is 11.7 Å². The van der Waals surface area contributed by atoms with E-state index in [0.29, 0.717) is 17.1 Å². The van der Waals surface area contributed by atoms with Crippen molar-refractivity contribution in [2.24, 2.45) is 0 Å². The number of aromatic nitrogens is 2. The minimum atomic E-state index is -4.53. The summed E-state index contributed by atoms with van der Waals surface area (Å²) >= 11 is 0. The predicted octanol–water partition coefficient (Wildman–Crippen LogP) is 4.08. The lowest BCUT2D eigenvalue weighted by Crippen LogP contribution is -2.35. The third kappa shape index (κ3) is 3.98. The molecule has 3 heterocycles. The van der Waals surface area contributed by atoms with E-state index in [1.54, 1.807) is 36.4 Å². The van der Waals surface area contributed by atoms with Gasteiger partial charge in [0.05, 0.1) is 26.0 Å². The number of hydrogen-bond donors (Lipinski definition) is 2. The molecule has 0 fully saturated rings. The Kier molecular flexibility index (Phi) is 5.15. The van der Waals surface area contributed by atoms with E-state index >= 15 is 0 Å². The lowest BCUT2D eigenvalue weighted by Gasteiger charge is -2.33. The molecule has 0 aliphatic carbocycles. The molecule has 158 valence electrons. The highest BCUT2D eigenvalue weighted by molar-refractivity contribution is 5.93. The molecular weight excluding hydrogens is 401 g/mol. The van der Waals surface area contributed by atoms with Gasteiger partial charge in [0, 0.05) is 12.5 Å². The molecule has 1 aliphatic rings. The number of carbonyl (C=O) groups excluding carboxylic acids is 1. The number of ether oxygens (including phenoxy) is 1. The summed E-state index contributed by atoms with van der Waals surface area (Å²) in [5.74, 6) is 0.611. The van der Waals surface area contributed by atoms with Gasteiger partial charge in [-0.2, -0.15) is 18.3 Å². The highest BCUT2D eigenvalue weighted by Gasteiger charge is 2.46. The highest BCUT2D eigenvalue weighted by Crippen LogP contribution is 2.43. The van der Waals surface area contributed by atoms with Gasteiger partial charge >= 0.3 is 6.18 Å². The van der Waals surface area contributed by atoms with Crippen LogP contribution < -0.4 is 15.4 Å². The van der Waals surface area contributed by atoms with Crippen molar-refractivity contribution in [1.82, 2.24) is 15.1 Å². The number of nitrogens with one attached hydrogen (secondary N) is 2. The lowest BCUT2D eigenvalue weighted by molar-refractivity contribution is -0.173. The maximum Gasteiger partial charge on any atom is 0.410 e. The fourth-order valence-electron chi connectivity index (χ4n) is 3.43. The van der Waals surface area contributed by atoms with Gasteiger partial charge in [0.15, 0.2) is 11.7 Å². The Hall–Kier alpha value is -3.43. The smallest absolute Gasteiger partial charge is 0.410 e. The van der Waals surface area contributed by atoms with E-state index in [4.69, 9.17) is 9.15 Å². The molecular formula is C20H19F3N4O3. The minimum Gasteiger partial charge on any atom is -0.497 e. The zero-order valence-electron chi connectivity index (χ0n) is 15.9. The first-order valence-corrected chi connectivity index (χ1v) is 9.22. The summed E-state index contributed by atoms with van der Waals surface area (Å²) < 4.78 is 52.5. The van der Waals surface area contributed by atoms with Gasteiger partial charge in [0.2, 0.25) is 0 Å². The standard InChI is InChI=1S/C20H19F3N4O3/c1-29-13-5-2-4-12(8-13)15-9-17(20(21,22)23)27-18(25-15)10-16(26-27)19(28)24-11-14-6-3-7-30-14/h2-8,10,15,17,25H,9,11H2,1H3,(H,24,28)/t15-,17-/m0/s1. The van der Waals surface area contributed by atoms with Crippen LogP contribution in [-0.2, 0) is 6.54 Å². The van der Waals surface area contributed by atoms with E-state index in [1.807, 2.05) is 0 Å². The maximum absolute atomic E-state index is 13.8. The van der Waals surface area contributed by atoms with Gasteiger partial charge in [0.25, 0.3) is 5.91 Å². The van der Waals surface area contributed by atoms with E-state index in [-0.39, 0.29) is 24.5 Å². The van der Waals surface area contributed by atoms with Crippen LogP contribution in [0.2, 0.25) is 0 Å². The number of halogens is 3. The molecule has 0 bridgehead atoms. The molecule has 3 aromatic rings. The molecule has 1 amide bonds. The van der Waals surface area contributed by atoms with Crippen molar-refractivity contribution in [2.75, 3.05) is 12.4 Å². The Morgan fingerprint density at radius 3 is 2.87 bits per heavy atom. The largest absolute Gasteiger partial charge is 0.497 e. The van der Waals surface area contributed by atoms with Crippen LogP contribution in [-0.4, -0.2) is 29.0 Å². The monoisotopic (exact) mass is 420 g/mol. The van der Waals surface area contributed by atoms with E-state index in [1.165, 1.54) is 19.4 Å². The summed E-state index contributed by atoms with van der Waals surface area (Å²) in [6.07, 6.45) is -3.33. The SMILES string of the molecule is COc1cccc([C@@H]2C[C@@H](C(F)(F)F)n3nc(C(=O)NCc4ccco4)cc3N2)c1. The van der Waals surface area contributed by atoms with Gasteiger partial charge < -0.3 is 19.8 Å². The van der Waals surface area contributed by atoms with Gasteiger partial charge in [-0.15, -0.1) is 0 Å².